The minimum atomic E-state index is -0.776. The van der Waals surface area contributed by atoms with E-state index in [1.165, 1.54) is 17.0 Å². The number of nitrogens with one attached hydrogen (secondary N) is 2. The second-order valence-electron chi connectivity index (χ2n) is 6.20. The number of halogens is 1. The zero-order chi connectivity index (χ0) is 18.5. The predicted octanol–water partition coefficient (Wildman–Crippen LogP) is 2.11. The number of aliphatic hydroxyl groups excluding tert-OH is 1. The van der Waals surface area contributed by atoms with Crippen LogP contribution in [0.15, 0.2) is 54.6 Å². The zero-order valence-electron chi connectivity index (χ0n) is 14.1. The molecule has 2 aromatic rings. The number of para-hydroxylation sites is 1. The molecule has 6 nitrogen and oxygen atoms in total. The van der Waals surface area contributed by atoms with Gasteiger partial charge in [-0.05, 0) is 29.8 Å². The van der Waals surface area contributed by atoms with Crippen LogP contribution in [0.2, 0.25) is 0 Å². The molecule has 1 aliphatic heterocycles. The maximum atomic E-state index is 13.2. The number of urea groups is 1. The number of benzene rings is 2. The molecule has 0 bridgehead atoms. The standard InChI is InChI=1S/C19H20FN3O3/c20-14-6-4-5-13(9-14)11-21-18(25)17-10-16(24)12-23(17)19(26)22-15-7-2-1-3-8-15/h1-9,16-17,24H,10-12H2,(H,21,25)(H,22,26)/t16-,17+/m0/s1. The molecule has 1 aliphatic rings. The van der Waals surface area contributed by atoms with Gasteiger partial charge in [0.05, 0.1) is 6.10 Å². The summed E-state index contributed by atoms with van der Waals surface area (Å²) in [5.41, 5.74) is 1.23. The summed E-state index contributed by atoms with van der Waals surface area (Å²) in [4.78, 5) is 26.3. The summed E-state index contributed by atoms with van der Waals surface area (Å²) < 4.78 is 13.2. The number of rotatable bonds is 4. The van der Waals surface area contributed by atoms with Crippen molar-refractivity contribution in [2.75, 3.05) is 11.9 Å². The molecule has 26 heavy (non-hydrogen) atoms. The molecule has 7 heteroatoms. The molecule has 0 unspecified atom stereocenters. The molecule has 3 N–H and O–H groups in total. The molecular formula is C19H20FN3O3. The number of anilines is 1. The number of aliphatic hydroxyl groups is 1. The summed E-state index contributed by atoms with van der Waals surface area (Å²) in [5, 5.41) is 15.3. The first kappa shape index (κ1) is 17.9. The molecule has 0 spiro atoms. The van der Waals surface area contributed by atoms with Crippen LogP contribution in [0.1, 0.15) is 12.0 Å². The molecule has 0 radical (unpaired) electrons. The quantitative estimate of drug-likeness (QED) is 0.784. The minimum absolute atomic E-state index is 0.0801. The van der Waals surface area contributed by atoms with Crippen LogP contribution in [0.5, 0.6) is 0 Å². The molecule has 1 fully saturated rings. The number of likely N-dealkylation sites (tertiary alicyclic amines) is 1. The van der Waals surface area contributed by atoms with Crippen molar-refractivity contribution in [3.05, 3.63) is 66.0 Å². The van der Waals surface area contributed by atoms with Crippen LogP contribution >= 0.6 is 0 Å². The van der Waals surface area contributed by atoms with Crippen LogP contribution < -0.4 is 10.6 Å². The smallest absolute Gasteiger partial charge is 0.322 e. The van der Waals surface area contributed by atoms with E-state index >= 15 is 0 Å². The molecule has 0 saturated carbocycles. The second kappa shape index (κ2) is 7.97. The fraction of sp³-hybridized carbons (Fsp3) is 0.263. The fourth-order valence-electron chi connectivity index (χ4n) is 2.96. The average Bonchev–Trinajstić information content (AvgIpc) is 3.03. The first-order valence-electron chi connectivity index (χ1n) is 8.36. The topological polar surface area (TPSA) is 81.7 Å². The van der Waals surface area contributed by atoms with Gasteiger partial charge in [-0.15, -0.1) is 0 Å². The highest BCUT2D eigenvalue weighted by Gasteiger charge is 2.38. The largest absolute Gasteiger partial charge is 0.391 e. The van der Waals surface area contributed by atoms with Crippen molar-refractivity contribution < 1.29 is 19.1 Å². The van der Waals surface area contributed by atoms with Crippen molar-refractivity contribution in [1.82, 2.24) is 10.2 Å². The Morgan fingerprint density at radius 3 is 2.65 bits per heavy atom. The van der Waals surface area contributed by atoms with Gasteiger partial charge in [0.1, 0.15) is 11.9 Å². The molecule has 2 aromatic carbocycles. The van der Waals surface area contributed by atoms with Gasteiger partial charge in [0.15, 0.2) is 0 Å². The summed E-state index contributed by atoms with van der Waals surface area (Å²) in [6, 6.07) is 13.6. The van der Waals surface area contributed by atoms with Crippen LogP contribution in [-0.4, -0.2) is 40.6 Å². The van der Waals surface area contributed by atoms with Crippen molar-refractivity contribution in [2.24, 2.45) is 0 Å². The Labute approximate surface area is 150 Å². The number of amides is 3. The monoisotopic (exact) mass is 357 g/mol. The van der Waals surface area contributed by atoms with Crippen LogP contribution in [0.4, 0.5) is 14.9 Å². The lowest BCUT2D eigenvalue weighted by Gasteiger charge is -2.24. The number of carbonyl (C=O) groups excluding carboxylic acids is 2. The lowest BCUT2D eigenvalue weighted by atomic mass is 10.1. The number of carbonyl (C=O) groups is 2. The molecule has 2 atom stereocenters. The minimum Gasteiger partial charge on any atom is -0.391 e. The molecule has 0 aromatic heterocycles. The average molecular weight is 357 g/mol. The van der Waals surface area contributed by atoms with E-state index in [1.807, 2.05) is 6.07 Å². The van der Waals surface area contributed by atoms with E-state index in [1.54, 1.807) is 36.4 Å². The Morgan fingerprint density at radius 1 is 1.15 bits per heavy atom. The summed E-state index contributed by atoms with van der Waals surface area (Å²) in [6.45, 7) is 0.230. The number of β-amino-alcohol motifs (C(OH)–C–C–N with tert-alkyl or cyclic N) is 1. The SMILES string of the molecule is O=C(NCc1cccc(F)c1)[C@H]1C[C@H](O)CN1C(=O)Nc1ccccc1. The highest BCUT2D eigenvalue weighted by molar-refractivity contribution is 5.94. The normalized spacial score (nSPS) is 19.2. The van der Waals surface area contributed by atoms with Gasteiger partial charge in [0.2, 0.25) is 5.91 Å². The van der Waals surface area contributed by atoms with Crippen LogP contribution in [0.3, 0.4) is 0 Å². The first-order chi connectivity index (χ1) is 12.5. The van der Waals surface area contributed by atoms with E-state index < -0.39 is 18.2 Å². The van der Waals surface area contributed by atoms with E-state index in [9.17, 15) is 19.1 Å². The van der Waals surface area contributed by atoms with Gasteiger partial charge < -0.3 is 20.6 Å². The zero-order valence-corrected chi connectivity index (χ0v) is 14.1. The molecule has 1 saturated heterocycles. The Morgan fingerprint density at radius 2 is 1.92 bits per heavy atom. The molecule has 1 heterocycles. The second-order valence-corrected chi connectivity index (χ2v) is 6.20. The van der Waals surface area contributed by atoms with Crippen LogP contribution in [-0.2, 0) is 11.3 Å². The Bertz CT molecular complexity index is 785. The van der Waals surface area contributed by atoms with E-state index in [0.29, 0.717) is 11.3 Å². The number of hydrogen-bond donors (Lipinski definition) is 3. The van der Waals surface area contributed by atoms with E-state index in [4.69, 9.17) is 0 Å². The molecular weight excluding hydrogens is 337 g/mol. The van der Waals surface area contributed by atoms with Crippen molar-refractivity contribution in [1.29, 1.82) is 0 Å². The van der Waals surface area contributed by atoms with E-state index in [0.717, 1.165) is 0 Å². The Balaban J connectivity index is 1.62. The Hall–Kier alpha value is -2.93. The van der Waals surface area contributed by atoms with Gasteiger partial charge in [-0.2, -0.15) is 0 Å². The maximum absolute atomic E-state index is 13.2. The summed E-state index contributed by atoms with van der Waals surface area (Å²) in [5.74, 6) is -0.758. The van der Waals surface area contributed by atoms with Crippen LogP contribution in [0.25, 0.3) is 0 Å². The van der Waals surface area contributed by atoms with Crippen molar-refractivity contribution in [3.8, 4) is 0 Å². The van der Waals surface area contributed by atoms with Crippen molar-refractivity contribution in [2.45, 2.75) is 25.1 Å². The van der Waals surface area contributed by atoms with Gasteiger partial charge in [0.25, 0.3) is 0 Å². The highest BCUT2D eigenvalue weighted by Crippen LogP contribution is 2.20. The predicted molar refractivity (Wildman–Crippen MR) is 94.8 cm³/mol. The third-order valence-corrected chi connectivity index (χ3v) is 4.22. The van der Waals surface area contributed by atoms with Gasteiger partial charge in [-0.3, -0.25) is 4.79 Å². The maximum Gasteiger partial charge on any atom is 0.322 e. The third-order valence-electron chi connectivity index (χ3n) is 4.22. The van der Waals surface area contributed by atoms with Gasteiger partial charge in [-0.1, -0.05) is 30.3 Å². The summed E-state index contributed by atoms with van der Waals surface area (Å²) in [7, 11) is 0. The van der Waals surface area contributed by atoms with E-state index in [-0.39, 0.29) is 31.2 Å². The lowest BCUT2D eigenvalue weighted by Crippen LogP contribution is -2.47. The fourth-order valence-corrected chi connectivity index (χ4v) is 2.96. The lowest BCUT2D eigenvalue weighted by molar-refractivity contribution is -0.124. The van der Waals surface area contributed by atoms with Gasteiger partial charge in [-0.25, -0.2) is 9.18 Å². The molecule has 3 rings (SSSR count). The first-order valence-corrected chi connectivity index (χ1v) is 8.36. The van der Waals surface area contributed by atoms with Crippen LogP contribution in [0, 0.1) is 5.82 Å². The Kier molecular flexibility index (Phi) is 5.48. The number of nitrogens with zero attached hydrogens (tertiary/aromatic N) is 1. The molecule has 3 amide bonds. The third kappa shape index (κ3) is 4.37. The van der Waals surface area contributed by atoms with Gasteiger partial charge in [0, 0.05) is 25.2 Å². The molecule has 0 aliphatic carbocycles. The highest BCUT2D eigenvalue weighted by atomic mass is 19.1. The summed E-state index contributed by atoms with van der Waals surface area (Å²) >= 11 is 0. The van der Waals surface area contributed by atoms with E-state index in [2.05, 4.69) is 10.6 Å². The summed E-state index contributed by atoms with van der Waals surface area (Å²) in [6.07, 6.45) is -0.599. The van der Waals surface area contributed by atoms with Gasteiger partial charge >= 0.3 is 6.03 Å². The van der Waals surface area contributed by atoms with Crippen molar-refractivity contribution >= 4 is 17.6 Å². The number of hydrogen-bond acceptors (Lipinski definition) is 3. The molecule has 136 valence electrons. The van der Waals surface area contributed by atoms with Crippen molar-refractivity contribution in [3.63, 3.8) is 0 Å².